The number of benzene rings is 3. The molecular formula is C27H31N3O4. The van der Waals surface area contributed by atoms with Crippen molar-refractivity contribution < 1.29 is 19.4 Å². The Morgan fingerprint density at radius 3 is 2.44 bits per heavy atom. The van der Waals surface area contributed by atoms with Crippen LogP contribution in [0.4, 0.5) is 5.69 Å². The molecule has 178 valence electrons. The molecule has 0 heterocycles. The van der Waals surface area contributed by atoms with Gasteiger partial charge in [0.05, 0.1) is 0 Å². The summed E-state index contributed by atoms with van der Waals surface area (Å²) in [4.78, 5) is 23.3. The number of ether oxygens (including phenoxy) is 1. The van der Waals surface area contributed by atoms with E-state index < -0.39 is 6.10 Å². The number of nitrogens with one attached hydrogen (secondary N) is 3. The Bertz CT molecular complexity index is 1050. The fraction of sp³-hybridized carbons (Fsp3) is 0.259. The van der Waals surface area contributed by atoms with E-state index >= 15 is 0 Å². The van der Waals surface area contributed by atoms with Crippen LogP contribution < -0.4 is 20.7 Å². The summed E-state index contributed by atoms with van der Waals surface area (Å²) < 4.78 is 5.67. The number of rotatable bonds is 12. The van der Waals surface area contributed by atoms with Crippen molar-refractivity contribution in [3.05, 3.63) is 95.6 Å². The van der Waals surface area contributed by atoms with Crippen LogP contribution in [0, 0.1) is 0 Å². The van der Waals surface area contributed by atoms with E-state index in [1.807, 2.05) is 66.7 Å². The van der Waals surface area contributed by atoms with Crippen LogP contribution in [0.15, 0.2) is 78.9 Å². The van der Waals surface area contributed by atoms with Gasteiger partial charge in [-0.2, -0.15) is 0 Å². The summed E-state index contributed by atoms with van der Waals surface area (Å²) in [6, 6.07) is 24.3. The minimum absolute atomic E-state index is 0.0846. The third kappa shape index (κ3) is 8.69. The summed E-state index contributed by atoms with van der Waals surface area (Å²) in [6.45, 7) is 3.21. The van der Waals surface area contributed by atoms with E-state index in [4.69, 9.17) is 4.74 Å². The van der Waals surface area contributed by atoms with Crippen molar-refractivity contribution in [2.45, 2.75) is 26.0 Å². The maximum absolute atomic E-state index is 12.2. The van der Waals surface area contributed by atoms with Gasteiger partial charge in [0.15, 0.2) is 0 Å². The Morgan fingerprint density at radius 1 is 0.941 bits per heavy atom. The molecule has 0 bridgehead atoms. The first-order chi connectivity index (χ1) is 16.5. The van der Waals surface area contributed by atoms with Crippen molar-refractivity contribution in [2.24, 2.45) is 0 Å². The van der Waals surface area contributed by atoms with Crippen LogP contribution in [-0.4, -0.2) is 42.7 Å². The van der Waals surface area contributed by atoms with Gasteiger partial charge in [0.2, 0.25) is 5.91 Å². The fourth-order valence-corrected chi connectivity index (χ4v) is 3.27. The zero-order valence-corrected chi connectivity index (χ0v) is 19.3. The second-order valence-electron chi connectivity index (χ2n) is 7.99. The van der Waals surface area contributed by atoms with Gasteiger partial charge in [0.1, 0.15) is 18.5 Å². The first-order valence-corrected chi connectivity index (χ1v) is 11.3. The molecule has 1 atom stereocenters. The molecule has 0 spiro atoms. The molecule has 3 rings (SSSR count). The highest BCUT2D eigenvalue weighted by atomic mass is 16.5. The predicted molar refractivity (Wildman–Crippen MR) is 133 cm³/mol. The molecule has 0 aromatic heterocycles. The number of aliphatic hydroxyl groups excluding tert-OH is 1. The topological polar surface area (TPSA) is 99.7 Å². The van der Waals surface area contributed by atoms with E-state index in [1.165, 1.54) is 6.92 Å². The van der Waals surface area contributed by atoms with Gasteiger partial charge in [-0.15, -0.1) is 0 Å². The summed E-state index contributed by atoms with van der Waals surface area (Å²) in [6.07, 6.45) is 0.153. The SMILES string of the molecule is CC(=O)NCc1cccc(OC[C@@H](O)CNCCc2ccc(NC(=O)c3ccccc3)cc2)c1. The minimum atomic E-state index is -0.644. The number of hydrogen-bond donors (Lipinski definition) is 4. The quantitative estimate of drug-likeness (QED) is 0.311. The Labute approximate surface area is 200 Å². The van der Waals surface area contributed by atoms with E-state index in [1.54, 1.807) is 12.1 Å². The molecule has 7 nitrogen and oxygen atoms in total. The third-order valence-electron chi connectivity index (χ3n) is 5.10. The lowest BCUT2D eigenvalue weighted by molar-refractivity contribution is -0.119. The third-order valence-corrected chi connectivity index (χ3v) is 5.10. The van der Waals surface area contributed by atoms with Crippen molar-refractivity contribution in [3.63, 3.8) is 0 Å². The van der Waals surface area contributed by atoms with E-state index in [-0.39, 0.29) is 18.4 Å². The van der Waals surface area contributed by atoms with Crippen molar-refractivity contribution >= 4 is 17.5 Å². The van der Waals surface area contributed by atoms with Crippen molar-refractivity contribution in [1.29, 1.82) is 0 Å². The summed E-state index contributed by atoms with van der Waals surface area (Å²) in [5.74, 6) is 0.436. The number of anilines is 1. The number of aliphatic hydroxyl groups is 1. The van der Waals surface area contributed by atoms with Crippen LogP contribution >= 0.6 is 0 Å². The summed E-state index contributed by atoms with van der Waals surface area (Å²) in [5, 5.41) is 19.1. The van der Waals surface area contributed by atoms with Gasteiger partial charge >= 0.3 is 0 Å². The number of carbonyl (C=O) groups excluding carboxylic acids is 2. The zero-order chi connectivity index (χ0) is 24.2. The molecule has 0 aliphatic carbocycles. The van der Waals surface area contributed by atoms with Crippen LogP contribution in [0.5, 0.6) is 5.75 Å². The van der Waals surface area contributed by atoms with Crippen molar-refractivity contribution in [1.82, 2.24) is 10.6 Å². The minimum Gasteiger partial charge on any atom is -0.491 e. The highest BCUT2D eigenvalue weighted by molar-refractivity contribution is 6.04. The fourth-order valence-electron chi connectivity index (χ4n) is 3.27. The lowest BCUT2D eigenvalue weighted by atomic mass is 10.1. The van der Waals surface area contributed by atoms with Gasteiger partial charge in [0.25, 0.3) is 5.91 Å². The van der Waals surface area contributed by atoms with E-state index in [9.17, 15) is 14.7 Å². The molecule has 7 heteroatoms. The van der Waals surface area contributed by atoms with Crippen molar-refractivity contribution in [3.8, 4) is 5.75 Å². The van der Waals surface area contributed by atoms with Gasteiger partial charge in [-0.1, -0.05) is 42.5 Å². The summed E-state index contributed by atoms with van der Waals surface area (Å²) in [5.41, 5.74) is 3.44. The number of carbonyl (C=O) groups is 2. The monoisotopic (exact) mass is 461 g/mol. The van der Waals surface area contributed by atoms with E-state index in [2.05, 4.69) is 16.0 Å². The lowest BCUT2D eigenvalue weighted by Gasteiger charge is -2.14. The Morgan fingerprint density at radius 2 is 1.71 bits per heavy atom. The molecule has 0 radical (unpaired) electrons. The summed E-state index contributed by atoms with van der Waals surface area (Å²) in [7, 11) is 0. The average Bonchev–Trinajstić information content (AvgIpc) is 2.86. The smallest absolute Gasteiger partial charge is 0.255 e. The van der Waals surface area contributed by atoms with Gasteiger partial charge in [-0.05, 0) is 60.5 Å². The lowest BCUT2D eigenvalue weighted by Crippen LogP contribution is -2.32. The maximum Gasteiger partial charge on any atom is 0.255 e. The van der Waals surface area contributed by atoms with Crippen LogP contribution in [-0.2, 0) is 17.8 Å². The molecule has 0 fully saturated rings. The van der Waals surface area contributed by atoms with Gasteiger partial charge in [-0.25, -0.2) is 0 Å². The van der Waals surface area contributed by atoms with Crippen molar-refractivity contribution in [2.75, 3.05) is 25.0 Å². The van der Waals surface area contributed by atoms with Crippen LogP contribution in [0.2, 0.25) is 0 Å². The number of amides is 2. The summed E-state index contributed by atoms with van der Waals surface area (Å²) >= 11 is 0. The Balaban J connectivity index is 1.33. The highest BCUT2D eigenvalue weighted by Gasteiger charge is 2.07. The predicted octanol–water partition coefficient (Wildman–Crippen LogP) is 3.15. The molecular weight excluding hydrogens is 430 g/mol. The average molecular weight is 462 g/mol. The van der Waals surface area contributed by atoms with E-state index in [0.29, 0.717) is 30.9 Å². The van der Waals surface area contributed by atoms with Gasteiger partial charge in [0, 0.05) is 31.3 Å². The highest BCUT2D eigenvalue weighted by Crippen LogP contribution is 2.14. The standard InChI is InChI=1S/C27H31N3O4/c1-20(31)29-17-22-6-5-9-26(16-22)34-19-25(32)18-28-15-14-21-10-12-24(13-11-21)30-27(33)23-7-3-2-4-8-23/h2-13,16,25,28,32H,14-15,17-19H2,1H3,(H,29,31)(H,30,33)/t25-/m0/s1. The number of hydrogen-bond acceptors (Lipinski definition) is 5. The molecule has 0 aliphatic rings. The molecule has 3 aromatic rings. The molecule has 0 saturated heterocycles. The Hall–Kier alpha value is -3.68. The second kappa shape index (κ2) is 13.1. The largest absolute Gasteiger partial charge is 0.491 e. The molecule has 34 heavy (non-hydrogen) atoms. The maximum atomic E-state index is 12.2. The van der Waals surface area contributed by atoms with Gasteiger partial charge < -0.3 is 25.8 Å². The first kappa shape index (κ1) is 25.0. The van der Waals surface area contributed by atoms with E-state index in [0.717, 1.165) is 23.2 Å². The van der Waals surface area contributed by atoms with Crippen LogP contribution in [0.1, 0.15) is 28.4 Å². The van der Waals surface area contributed by atoms with Crippen LogP contribution in [0.3, 0.4) is 0 Å². The van der Waals surface area contributed by atoms with Crippen LogP contribution in [0.25, 0.3) is 0 Å². The molecule has 3 aromatic carbocycles. The molecule has 2 amide bonds. The molecule has 0 unspecified atom stereocenters. The Kier molecular flexibility index (Phi) is 9.64. The molecule has 0 saturated carbocycles. The van der Waals surface area contributed by atoms with Gasteiger partial charge in [-0.3, -0.25) is 9.59 Å². The second-order valence-corrected chi connectivity index (χ2v) is 7.99. The first-order valence-electron chi connectivity index (χ1n) is 11.3. The molecule has 4 N–H and O–H groups in total. The molecule has 0 aliphatic heterocycles. The zero-order valence-electron chi connectivity index (χ0n) is 19.3. The normalized spacial score (nSPS) is 11.5.